The molecule has 0 bridgehead atoms. The molecule has 0 aromatic carbocycles. The van der Waals surface area contributed by atoms with Gasteiger partial charge in [0.25, 0.3) is 0 Å². The van der Waals surface area contributed by atoms with Crippen LogP contribution in [0.4, 0.5) is 0 Å². The molecule has 3 heteroatoms. The van der Waals surface area contributed by atoms with Gasteiger partial charge >= 0.3 is 5.97 Å². The molecule has 1 heterocycles. The number of esters is 1. The van der Waals surface area contributed by atoms with E-state index in [0.717, 1.165) is 12.8 Å². The number of cyclic esters (lactones) is 1. The smallest absolute Gasteiger partial charge is 0.309 e. The quantitative estimate of drug-likeness (QED) is 0.526. The first kappa shape index (κ1) is 11.5. The van der Waals surface area contributed by atoms with Crippen LogP contribution in [0, 0.1) is 5.92 Å². The molecule has 0 amide bonds. The summed E-state index contributed by atoms with van der Waals surface area (Å²) in [5, 5.41) is 8.83. The van der Waals surface area contributed by atoms with Crippen LogP contribution in [0.1, 0.15) is 45.4 Å². The van der Waals surface area contributed by atoms with Crippen LogP contribution >= 0.6 is 0 Å². The minimum atomic E-state index is -0.237. The monoisotopic (exact) mass is 200 g/mol. The molecule has 3 nitrogen and oxygen atoms in total. The van der Waals surface area contributed by atoms with E-state index < -0.39 is 0 Å². The number of aliphatic hydroxyl groups is 1. The molecule has 1 saturated heterocycles. The largest absolute Gasteiger partial charge is 0.460 e. The molecule has 82 valence electrons. The highest BCUT2D eigenvalue weighted by molar-refractivity contribution is 5.74. The second-order valence-corrected chi connectivity index (χ2v) is 4.02. The fourth-order valence-corrected chi connectivity index (χ4v) is 1.89. The summed E-state index contributed by atoms with van der Waals surface area (Å²) >= 11 is 0. The van der Waals surface area contributed by atoms with Gasteiger partial charge in [0.05, 0.1) is 12.5 Å². The molecule has 1 fully saturated rings. The van der Waals surface area contributed by atoms with Crippen molar-refractivity contribution in [2.45, 2.75) is 51.6 Å². The number of rotatable bonds is 6. The number of hydrogen-bond donors (Lipinski definition) is 1. The van der Waals surface area contributed by atoms with E-state index in [4.69, 9.17) is 9.84 Å². The van der Waals surface area contributed by atoms with E-state index in [-0.39, 0.29) is 24.6 Å². The number of carbonyl (C=O) groups is 1. The van der Waals surface area contributed by atoms with E-state index in [1.165, 1.54) is 19.3 Å². The van der Waals surface area contributed by atoms with Gasteiger partial charge in [-0.2, -0.15) is 0 Å². The molecule has 1 rings (SSSR count). The molecule has 0 unspecified atom stereocenters. The van der Waals surface area contributed by atoms with Crippen LogP contribution in [0.15, 0.2) is 0 Å². The topological polar surface area (TPSA) is 46.5 Å². The zero-order valence-electron chi connectivity index (χ0n) is 8.87. The Morgan fingerprint density at radius 1 is 1.43 bits per heavy atom. The summed E-state index contributed by atoms with van der Waals surface area (Å²) in [6, 6.07) is 0. The van der Waals surface area contributed by atoms with Gasteiger partial charge in [0, 0.05) is 0 Å². The van der Waals surface area contributed by atoms with E-state index in [9.17, 15) is 4.79 Å². The Hall–Kier alpha value is -0.570. The first-order chi connectivity index (χ1) is 6.77. The number of carbonyl (C=O) groups excluding carboxylic acids is 1. The van der Waals surface area contributed by atoms with E-state index in [1.807, 2.05) is 0 Å². The molecule has 14 heavy (non-hydrogen) atoms. The minimum Gasteiger partial charge on any atom is -0.460 e. The summed E-state index contributed by atoms with van der Waals surface area (Å²) < 4.78 is 4.99. The second-order valence-electron chi connectivity index (χ2n) is 4.02. The van der Waals surface area contributed by atoms with Crippen molar-refractivity contribution in [3.05, 3.63) is 0 Å². The van der Waals surface area contributed by atoms with Crippen molar-refractivity contribution in [2.24, 2.45) is 5.92 Å². The number of hydrogen-bond acceptors (Lipinski definition) is 3. The number of aliphatic hydroxyl groups excluding tert-OH is 1. The van der Waals surface area contributed by atoms with E-state index in [0.29, 0.717) is 6.42 Å². The molecule has 0 spiro atoms. The normalized spacial score (nSPS) is 26.6. The molecular weight excluding hydrogens is 180 g/mol. The van der Waals surface area contributed by atoms with Crippen molar-refractivity contribution >= 4 is 5.97 Å². The van der Waals surface area contributed by atoms with Gasteiger partial charge in [0.2, 0.25) is 0 Å². The van der Waals surface area contributed by atoms with Crippen molar-refractivity contribution in [1.29, 1.82) is 0 Å². The Balaban J connectivity index is 2.15. The third-order valence-corrected chi connectivity index (χ3v) is 2.77. The Morgan fingerprint density at radius 3 is 2.79 bits per heavy atom. The maximum absolute atomic E-state index is 11.3. The van der Waals surface area contributed by atoms with Crippen LogP contribution in [0.3, 0.4) is 0 Å². The lowest BCUT2D eigenvalue weighted by molar-refractivity contribution is -0.145. The highest BCUT2D eigenvalue weighted by Crippen LogP contribution is 2.25. The van der Waals surface area contributed by atoms with Crippen LogP contribution in [0.5, 0.6) is 0 Å². The maximum atomic E-state index is 11.3. The van der Waals surface area contributed by atoms with Gasteiger partial charge in [-0.15, -0.1) is 0 Å². The predicted octanol–water partition coefficient (Wildman–Crippen LogP) is 1.88. The molecule has 1 aliphatic heterocycles. The van der Waals surface area contributed by atoms with Crippen molar-refractivity contribution in [1.82, 2.24) is 0 Å². The molecular formula is C11H20O3. The van der Waals surface area contributed by atoms with Gasteiger partial charge in [-0.1, -0.05) is 32.6 Å². The number of unbranched alkanes of at least 4 members (excludes halogenated alkanes) is 3. The van der Waals surface area contributed by atoms with Crippen molar-refractivity contribution in [3.8, 4) is 0 Å². The first-order valence-electron chi connectivity index (χ1n) is 5.59. The Bertz CT molecular complexity index is 179. The molecule has 0 radical (unpaired) electrons. The van der Waals surface area contributed by atoms with E-state index in [1.54, 1.807) is 0 Å². The molecule has 1 N–H and O–H groups in total. The van der Waals surface area contributed by atoms with Gasteiger partial charge in [-0.3, -0.25) is 4.79 Å². The van der Waals surface area contributed by atoms with Gasteiger partial charge in [0.1, 0.15) is 6.10 Å². The average molecular weight is 200 g/mol. The number of ether oxygens (including phenoxy) is 1. The summed E-state index contributed by atoms with van der Waals surface area (Å²) in [6.07, 6.45) is 6.16. The Kier molecular flexibility index (Phi) is 4.94. The van der Waals surface area contributed by atoms with E-state index >= 15 is 0 Å². The molecule has 0 aliphatic carbocycles. The van der Waals surface area contributed by atoms with Crippen molar-refractivity contribution in [2.75, 3.05) is 6.61 Å². The van der Waals surface area contributed by atoms with Crippen LogP contribution in [0.2, 0.25) is 0 Å². The lowest BCUT2D eigenvalue weighted by Gasteiger charge is -2.03. The van der Waals surface area contributed by atoms with Gasteiger partial charge in [0.15, 0.2) is 0 Å². The molecule has 2 atom stereocenters. The van der Waals surface area contributed by atoms with Crippen LogP contribution < -0.4 is 0 Å². The molecule has 0 aromatic rings. The molecule has 0 saturated carbocycles. The van der Waals surface area contributed by atoms with Gasteiger partial charge in [-0.25, -0.2) is 0 Å². The van der Waals surface area contributed by atoms with Crippen molar-refractivity contribution < 1.29 is 14.6 Å². The minimum absolute atomic E-state index is 0.0306. The van der Waals surface area contributed by atoms with Gasteiger partial charge in [-0.05, 0) is 12.8 Å². The third kappa shape index (κ3) is 3.29. The first-order valence-corrected chi connectivity index (χ1v) is 5.59. The summed E-state index contributed by atoms with van der Waals surface area (Å²) in [6.45, 7) is 2.14. The summed E-state index contributed by atoms with van der Waals surface area (Å²) in [4.78, 5) is 11.3. The lowest BCUT2D eigenvalue weighted by Crippen LogP contribution is -2.10. The summed E-state index contributed by atoms with van der Waals surface area (Å²) in [5.41, 5.74) is 0. The average Bonchev–Trinajstić information content (AvgIpc) is 2.54. The van der Waals surface area contributed by atoms with Gasteiger partial charge < -0.3 is 9.84 Å². The fourth-order valence-electron chi connectivity index (χ4n) is 1.89. The Labute approximate surface area is 85.5 Å². The summed E-state index contributed by atoms with van der Waals surface area (Å²) in [5.74, 6) is -0.0652. The van der Waals surface area contributed by atoms with Crippen molar-refractivity contribution in [3.63, 3.8) is 0 Å². The highest BCUT2D eigenvalue weighted by atomic mass is 16.6. The predicted molar refractivity (Wildman–Crippen MR) is 53.8 cm³/mol. The maximum Gasteiger partial charge on any atom is 0.309 e. The van der Waals surface area contributed by atoms with Crippen LogP contribution in [-0.2, 0) is 9.53 Å². The van der Waals surface area contributed by atoms with Crippen LogP contribution in [0.25, 0.3) is 0 Å². The fraction of sp³-hybridized carbons (Fsp3) is 0.909. The molecule has 0 aromatic heterocycles. The third-order valence-electron chi connectivity index (χ3n) is 2.77. The standard InChI is InChI=1S/C11H20O3/c1-2-3-4-5-6-9-7-10(8-12)14-11(9)13/h9-10,12H,2-8H2,1H3/t9-,10+/m1/s1. The Morgan fingerprint density at radius 2 is 2.21 bits per heavy atom. The lowest BCUT2D eigenvalue weighted by atomic mass is 9.97. The zero-order chi connectivity index (χ0) is 10.4. The summed E-state index contributed by atoms with van der Waals surface area (Å²) in [7, 11) is 0. The second kappa shape index (κ2) is 6.02. The van der Waals surface area contributed by atoms with E-state index in [2.05, 4.69) is 6.92 Å². The zero-order valence-corrected chi connectivity index (χ0v) is 8.87. The highest BCUT2D eigenvalue weighted by Gasteiger charge is 2.33. The van der Waals surface area contributed by atoms with Crippen LogP contribution in [-0.4, -0.2) is 23.8 Å². The SMILES string of the molecule is CCCCCC[C@@H]1C[C@@H](CO)OC1=O. The molecule has 1 aliphatic rings.